The fraction of sp³-hybridized carbons (Fsp3) is 0. The normalized spacial score (nSPS) is 12.9. The third-order valence-corrected chi connectivity index (χ3v) is 23.8. The first-order valence-electron chi connectivity index (χ1n) is 38.8. The molecule has 6 aliphatic heterocycles. The monoisotopic (exact) mass is 1460 g/mol. The molecule has 0 bridgehead atoms. The lowest BCUT2D eigenvalue weighted by molar-refractivity contribution is 0.464. The van der Waals surface area contributed by atoms with Crippen molar-refractivity contribution in [2.75, 3.05) is 0 Å². The summed E-state index contributed by atoms with van der Waals surface area (Å²) >= 11 is 0. The lowest BCUT2D eigenvalue weighted by Crippen LogP contribution is -2.57. The van der Waals surface area contributed by atoms with Crippen molar-refractivity contribution in [1.29, 1.82) is 0 Å². The maximum absolute atomic E-state index is 6.54. The van der Waals surface area contributed by atoms with Crippen LogP contribution >= 0.6 is 0 Å². The average molecular weight is 1460 g/mol. The predicted octanol–water partition coefficient (Wildman–Crippen LogP) is 19.9. The Morgan fingerprint density at radius 2 is 0.404 bits per heavy atom. The van der Waals surface area contributed by atoms with E-state index >= 15 is 0 Å². The van der Waals surface area contributed by atoms with E-state index in [1.165, 1.54) is 98.2 Å². The van der Waals surface area contributed by atoms with E-state index in [-0.39, 0.29) is 20.1 Å². The highest BCUT2D eigenvalue weighted by Crippen LogP contribution is 2.45. The lowest BCUT2D eigenvalue weighted by atomic mass is 9.35. The lowest BCUT2D eigenvalue weighted by Gasteiger charge is -2.33. The van der Waals surface area contributed by atoms with Crippen LogP contribution in [0.4, 0.5) is 0 Å². The van der Waals surface area contributed by atoms with Crippen LogP contribution in [0.3, 0.4) is 0 Å². The SMILES string of the molecule is c1ccc(-n2c3ccccc3c3cc(-c4cc5c6c(c4)Oc4ccccc4B6c4ccccc4O5)ccc32)cc1.c1ccc2c(c1)Oc1cc(-c3ccc(-n4c5ccccc5c5ccccc54)cc3)cc3c1B2c1ccccc1O3.c1ccc2c(c1)Oc1cc(-n3c4ccccc4c4ccccc43)cc3c1B2c1ccccc1O3. The van der Waals surface area contributed by atoms with Crippen LogP contribution in [0, 0.1) is 0 Å². The van der Waals surface area contributed by atoms with Crippen LogP contribution in [-0.4, -0.2) is 33.8 Å². The van der Waals surface area contributed by atoms with Gasteiger partial charge in [-0.25, -0.2) is 0 Å². The maximum atomic E-state index is 6.54. The van der Waals surface area contributed by atoms with Crippen molar-refractivity contribution < 1.29 is 28.4 Å². The smallest absolute Gasteiger partial charge is 0.260 e. The van der Waals surface area contributed by atoms with Gasteiger partial charge < -0.3 is 42.1 Å². The fourth-order valence-electron chi connectivity index (χ4n) is 18.8. The first-order chi connectivity index (χ1) is 56.5. The Morgan fingerprint density at radius 3 is 0.746 bits per heavy atom. The molecule has 0 unspecified atom stereocenters. The Bertz CT molecular complexity index is 7110. The molecule has 530 valence electrons. The predicted molar refractivity (Wildman–Crippen MR) is 466 cm³/mol. The summed E-state index contributed by atoms with van der Waals surface area (Å²) in [5.74, 6) is 10.6. The van der Waals surface area contributed by atoms with E-state index in [1.807, 2.05) is 36.4 Å². The van der Waals surface area contributed by atoms with E-state index in [0.29, 0.717) is 0 Å². The molecule has 6 aliphatic rings. The van der Waals surface area contributed by atoms with Crippen molar-refractivity contribution in [2.45, 2.75) is 0 Å². The topological polar surface area (TPSA) is 70.2 Å². The summed E-state index contributed by atoms with van der Waals surface area (Å²) in [6, 6.07) is 132. The molecule has 0 fully saturated rings. The summed E-state index contributed by atoms with van der Waals surface area (Å²) in [6.45, 7) is 0.263. The van der Waals surface area contributed by atoms with Crippen molar-refractivity contribution >= 4 is 135 Å². The van der Waals surface area contributed by atoms with Crippen molar-refractivity contribution in [3.05, 3.63) is 376 Å². The third-order valence-electron chi connectivity index (χ3n) is 23.8. The number of nitrogens with zero attached hydrogens (tertiary/aromatic N) is 3. The van der Waals surface area contributed by atoms with E-state index in [0.717, 1.165) is 125 Å². The summed E-state index contributed by atoms with van der Waals surface area (Å²) in [6.07, 6.45) is 0. The summed E-state index contributed by atoms with van der Waals surface area (Å²) in [4.78, 5) is 0. The molecule has 0 N–H and O–H groups in total. The molecule has 20 aromatic rings. The van der Waals surface area contributed by atoms with Gasteiger partial charge in [-0.2, -0.15) is 0 Å². The number of fused-ring (bicyclic) bond motifs is 21. The van der Waals surface area contributed by atoms with Gasteiger partial charge in [0, 0.05) is 72.2 Å². The van der Waals surface area contributed by atoms with Crippen molar-refractivity contribution in [1.82, 2.24) is 13.7 Å². The molecule has 17 aromatic carbocycles. The quantitative estimate of drug-likeness (QED) is 0.160. The standard InChI is InChI=1S/2C36H22BNO2.C30H18BNO2/c1-5-13-30-26(9-1)27-10-2-6-14-31(27)38(30)25-19-17-23(18-20-25)24-21-34-36-35(22-24)40-33-16-8-4-12-29(33)37(36)28-11-3-7-15-32(28)39-34;1-2-10-25(11-3-1)38-30-15-7-4-12-26(30)27-20-23(18-19-31(27)38)24-21-34-36-35(22-24)40-33-17-9-6-14-29(33)37(36)28-13-5-8-16-32(28)39-34;1-5-13-24-20(9-1)21-10-2-6-14-25(21)32(24)19-17-28-30-29(18-19)34-27-16-8-4-12-23(27)31(30)22-11-3-7-15-26(22)33-28/h2*1-22H;1-18H. The number of rotatable bonds is 5. The Morgan fingerprint density at radius 1 is 0.158 bits per heavy atom. The van der Waals surface area contributed by atoms with Crippen LogP contribution in [0.15, 0.2) is 376 Å². The minimum Gasteiger partial charge on any atom is -0.458 e. The van der Waals surface area contributed by atoms with E-state index in [2.05, 4.69) is 353 Å². The zero-order valence-corrected chi connectivity index (χ0v) is 61.3. The van der Waals surface area contributed by atoms with Crippen molar-refractivity contribution in [3.8, 4) is 108 Å². The third kappa shape index (κ3) is 9.90. The van der Waals surface area contributed by atoms with Gasteiger partial charge in [-0.3, -0.25) is 0 Å². The molecule has 12 heteroatoms. The van der Waals surface area contributed by atoms with Gasteiger partial charge in [-0.1, -0.05) is 237 Å². The van der Waals surface area contributed by atoms with E-state index in [9.17, 15) is 0 Å². The van der Waals surface area contributed by atoms with Crippen LogP contribution in [-0.2, 0) is 0 Å². The second-order valence-corrected chi connectivity index (χ2v) is 30.0. The molecule has 0 saturated carbocycles. The second kappa shape index (κ2) is 25.3. The summed E-state index contributed by atoms with van der Waals surface area (Å²) in [5, 5.41) is 7.46. The van der Waals surface area contributed by atoms with Gasteiger partial charge in [0.25, 0.3) is 20.1 Å². The Labute approximate surface area is 657 Å². The minimum atomic E-state index is 0.0836. The van der Waals surface area contributed by atoms with Crippen LogP contribution in [0.5, 0.6) is 69.0 Å². The average Bonchev–Trinajstić information content (AvgIpc) is 0.928. The van der Waals surface area contributed by atoms with Gasteiger partial charge in [0.1, 0.15) is 69.0 Å². The molecule has 0 atom stereocenters. The molecule has 9 nitrogen and oxygen atoms in total. The molecule has 0 amide bonds. The van der Waals surface area contributed by atoms with Crippen LogP contribution in [0.25, 0.3) is 105 Å². The summed E-state index contributed by atoms with van der Waals surface area (Å²) < 4.78 is 46.1. The Kier molecular flexibility index (Phi) is 14.2. The number of benzene rings is 17. The van der Waals surface area contributed by atoms with Crippen LogP contribution in [0.2, 0.25) is 0 Å². The number of aromatic nitrogens is 3. The van der Waals surface area contributed by atoms with E-state index < -0.39 is 0 Å². The number of hydrogen-bond donors (Lipinski definition) is 0. The fourth-order valence-corrected chi connectivity index (χ4v) is 18.8. The molecule has 114 heavy (non-hydrogen) atoms. The molecular weight excluding hydrogens is 1400 g/mol. The van der Waals surface area contributed by atoms with Gasteiger partial charge >= 0.3 is 0 Å². The molecule has 0 radical (unpaired) electrons. The number of hydrogen-bond acceptors (Lipinski definition) is 6. The van der Waals surface area contributed by atoms with E-state index in [4.69, 9.17) is 28.4 Å². The number of para-hydroxylation sites is 12. The maximum Gasteiger partial charge on any atom is 0.260 e. The highest BCUT2D eigenvalue weighted by molar-refractivity contribution is 6.99. The van der Waals surface area contributed by atoms with Gasteiger partial charge in [0.05, 0.1) is 38.8 Å². The zero-order chi connectivity index (χ0) is 74.6. The van der Waals surface area contributed by atoms with Gasteiger partial charge in [0.15, 0.2) is 0 Å². The van der Waals surface area contributed by atoms with Gasteiger partial charge in [-0.05, 0) is 182 Å². The van der Waals surface area contributed by atoms with Crippen molar-refractivity contribution in [3.63, 3.8) is 0 Å². The van der Waals surface area contributed by atoms with Crippen molar-refractivity contribution in [2.24, 2.45) is 0 Å². The second-order valence-electron chi connectivity index (χ2n) is 30.0. The summed E-state index contributed by atoms with van der Waals surface area (Å²) in [7, 11) is 0. The Hall–Kier alpha value is -14.9. The molecule has 0 saturated heterocycles. The van der Waals surface area contributed by atoms with Gasteiger partial charge in [-0.15, -0.1) is 0 Å². The minimum absolute atomic E-state index is 0.0836. The molecule has 26 rings (SSSR count). The molecular formula is C102H62B3N3O6. The molecule has 0 spiro atoms. The highest BCUT2D eigenvalue weighted by atomic mass is 16.5. The van der Waals surface area contributed by atoms with Gasteiger partial charge in [0.2, 0.25) is 0 Å². The van der Waals surface area contributed by atoms with Crippen LogP contribution < -0.4 is 77.6 Å². The summed E-state index contributed by atoms with van der Waals surface area (Å²) in [5.41, 5.74) is 25.2. The molecule has 3 aromatic heterocycles. The highest BCUT2D eigenvalue weighted by Gasteiger charge is 2.44. The first-order valence-corrected chi connectivity index (χ1v) is 38.8. The largest absolute Gasteiger partial charge is 0.458 e. The molecule has 0 aliphatic carbocycles. The van der Waals surface area contributed by atoms with Crippen LogP contribution in [0.1, 0.15) is 0 Å². The van der Waals surface area contributed by atoms with E-state index in [1.54, 1.807) is 0 Å². The molecule has 9 heterocycles. The Balaban J connectivity index is 0.0000000992. The zero-order valence-electron chi connectivity index (χ0n) is 61.3. The number of ether oxygens (including phenoxy) is 6. The first kappa shape index (κ1) is 64.0.